The number of hydrogen-bond donors (Lipinski definition) is 0. The molecule has 1 aliphatic rings. The summed E-state index contributed by atoms with van der Waals surface area (Å²) in [5, 5.41) is 3.95. The van der Waals surface area contributed by atoms with Crippen LogP contribution in [0.3, 0.4) is 0 Å². The van der Waals surface area contributed by atoms with Crippen molar-refractivity contribution < 1.29 is 86.8 Å². The van der Waals surface area contributed by atoms with Crippen molar-refractivity contribution in [3.05, 3.63) is 40.7 Å². The van der Waals surface area contributed by atoms with Gasteiger partial charge in [-0.1, -0.05) is 36.8 Å². The molecule has 9 heteroatoms. The van der Waals surface area contributed by atoms with Crippen LogP contribution in [0, 0.1) is 0 Å². The molecular weight excluding hydrogens is 462 g/mol. The molecule has 0 atom stereocenters. The number of imide groups is 1. The maximum absolute atomic E-state index is 11.9. The van der Waals surface area contributed by atoms with E-state index in [9.17, 15) is 19.2 Å². The number of nitrogens with zero attached hydrogens (tertiary/aromatic N) is 2. The fourth-order valence-electron chi connectivity index (χ4n) is 2.62. The molecule has 0 N–H and O–H groups in total. The largest absolute Gasteiger partial charge is 1.00 e. The molecule has 1 aliphatic heterocycles. The minimum absolute atomic E-state index is 0. The predicted octanol–water partition coefficient (Wildman–Crippen LogP) is -0.858. The molecule has 1 heterocycles. The first kappa shape index (κ1) is 27.1. The second-order valence-electron chi connectivity index (χ2n) is 6.77. The Bertz CT molecular complexity index is 723. The van der Waals surface area contributed by atoms with Gasteiger partial charge in [0.25, 0.3) is 0 Å². The van der Waals surface area contributed by atoms with Crippen molar-refractivity contribution >= 4 is 23.7 Å². The zero-order chi connectivity index (χ0) is 21.1. The van der Waals surface area contributed by atoms with Gasteiger partial charge in [-0.15, -0.1) is 6.54 Å². The van der Waals surface area contributed by atoms with Gasteiger partial charge in [-0.25, -0.2) is 0 Å². The average molecular weight is 489 g/mol. The molecule has 1 saturated heterocycles. The molecule has 0 bridgehead atoms. The quantitative estimate of drug-likeness (QED) is 0.215. The predicted molar refractivity (Wildman–Crippen MR) is 105 cm³/mol. The smallest absolute Gasteiger partial charge is 0.648 e. The summed E-state index contributed by atoms with van der Waals surface area (Å²) < 4.78 is 10.2. The van der Waals surface area contributed by atoms with E-state index in [0.717, 1.165) is 17.5 Å². The van der Waals surface area contributed by atoms with Gasteiger partial charge < -0.3 is 19.6 Å². The Morgan fingerprint density at radius 2 is 1.80 bits per heavy atom. The Labute approximate surface area is 225 Å². The molecule has 0 unspecified atom stereocenters. The zero-order valence-corrected chi connectivity index (χ0v) is 22.6. The van der Waals surface area contributed by atoms with Crippen molar-refractivity contribution in [1.29, 1.82) is 0 Å². The first-order chi connectivity index (χ1) is 14.0. The molecule has 1 aromatic carbocycles. The van der Waals surface area contributed by atoms with E-state index in [1.807, 2.05) is 19.1 Å². The van der Waals surface area contributed by atoms with Crippen LogP contribution in [0.4, 0.5) is 0 Å². The minimum atomic E-state index is -0.358. The van der Waals surface area contributed by atoms with Gasteiger partial charge in [-0.2, -0.15) is 0 Å². The normalized spacial score (nSPS) is 12.6. The molecule has 1 fully saturated rings. The maximum atomic E-state index is 11.9. The van der Waals surface area contributed by atoms with E-state index in [4.69, 9.17) is 9.47 Å². The summed E-state index contributed by atoms with van der Waals surface area (Å²) in [6.07, 6.45) is 2.32. The third kappa shape index (κ3) is 9.91. The van der Waals surface area contributed by atoms with Gasteiger partial charge in [0, 0.05) is 25.8 Å². The fraction of sp³-hybridized carbons (Fsp3) is 0.524. The maximum Gasteiger partial charge on any atom is 1.00 e. The molecular formula is C21H27N2O6Rb. The van der Waals surface area contributed by atoms with E-state index in [0.29, 0.717) is 32.4 Å². The number of likely N-dealkylation sites (tertiary alicyclic amines) is 1. The molecule has 2 rings (SSSR count). The number of ether oxygens (including phenoxy) is 2. The van der Waals surface area contributed by atoms with Crippen LogP contribution >= 0.6 is 0 Å². The summed E-state index contributed by atoms with van der Waals surface area (Å²) in [7, 11) is 0. The van der Waals surface area contributed by atoms with E-state index in [2.05, 4.69) is 5.32 Å². The van der Waals surface area contributed by atoms with Gasteiger partial charge in [-0.05, 0) is 12.0 Å². The van der Waals surface area contributed by atoms with Crippen molar-refractivity contribution in [3.63, 3.8) is 0 Å². The second kappa shape index (κ2) is 15.0. The van der Waals surface area contributed by atoms with Crippen LogP contribution in [0.5, 0.6) is 0 Å². The Morgan fingerprint density at radius 3 is 2.40 bits per heavy atom. The Balaban J connectivity index is 0.00000450. The van der Waals surface area contributed by atoms with Crippen LogP contribution in [0.1, 0.15) is 43.7 Å². The molecule has 0 saturated carbocycles. The molecule has 1 aromatic rings. The SMILES string of the molecule is CCCC(=O)OCCCOCC(=O)[N-]Cc1ccc(CC(=O)N2CCC2=O)cc1.[Rb+]. The summed E-state index contributed by atoms with van der Waals surface area (Å²) in [6.45, 7) is 3.14. The van der Waals surface area contributed by atoms with Gasteiger partial charge in [0.1, 0.15) is 0 Å². The zero-order valence-electron chi connectivity index (χ0n) is 17.7. The first-order valence-electron chi connectivity index (χ1n) is 9.84. The summed E-state index contributed by atoms with van der Waals surface area (Å²) in [5.74, 6) is -0.888. The number of rotatable bonds is 12. The van der Waals surface area contributed by atoms with Crippen LogP contribution < -0.4 is 58.2 Å². The van der Waals surface area contributed by atoms with Gasteiger partial charge in [0.05, 0.1) is 32.1 Å². The topological polar surface area (TPSA) is 104 Å². The van der Waals surface area contributed by atoms with E-state index in [-0.39, 0.29) is 108 Å². The minimum Gasteiger partial charge on any atom is -0.648 e. The fourth-order valence-corrected chi connectivity index (χ4v) is 2.62. The number of carbonyl (C=O) groups excluding carboxylic acids is 4. The first-order valence-corrected chi connectivity index (χ1v) is 9.84. The van der Waals surface area contributed by atoms with Gasteiger partial charge in [0.2, 0.25) is 11.8 Å². The molecule has 8 nitrogen and oxygen atoms in total. The van der Waals surface area contributed by atoms with E-state index in [1.165, 1.54) is 4.90 Å². The summed E-state index contributed by atoms with van der Waals surface area (Å²) in [5.41, 5.74) is 1.66. The number of benzene rings is 1. The average Bonchev–Trinajstić information content (AvgIpc) is 2.69. The molecule has 0 spiro atoms. The van der Waals surface area contributed by atoms with Crippen LogP contribution in [0.25, 0.3) is 5.32 Å². The monoisotopic (exact) mass is 488 g/mol. The standard InChI is InChI=1S/C21H28N2O6.Rb/c1-2-4-21(27)29-12-3-11-28-15-18(24)22-14-17-7-5-16(6-8-17)13-20(26)23-10-9-19(23)25;/h5-8H,2-4,9-15H2,1H3,(H,22,24);/q;+1/p-1. The van der Waals surface area contributed by atoms with Crippen molar-refractivity contribution in [3.8, 4) is 0 Å². The molecule has 30 heavy (non-hydrogen) atoms. The van der Waals surface area contributed by atoms with Crippen molar-refractivity contribution in [2.24, 2.45) is 0 Å². The summed E-state index contributed by atoms with van der Waals surface area (Å²) in [4.78, 5) is 47.4. The summed E-state index contributed by atoms with van der Waals surface area (Å²) >= 11 is 0. The second-order valence-corrected chi connectivity index (χ2v) is 6.77. The van der Waals surface area contributed by atoms with Gasteiger partial charge >= 0.3 is 64.2 Å². The Kier molecular flexibility index (Phi) is 13.5. The third-order valence-electron chi connectivity index (χ3n) is 4.34. The molecule has 0 aliphatic carbocycles. The number of hydrogen-bond acceptors (Lipinski definition) is 6. The van der Waals surface area contributed by atoms with Crippen molar-refractivity contribution in [2.45, 2.75) is 45.6 Å². The molecule has 0 aromatic heterocycles. The number of β-lactam (4-membered cyclic amide) rings is 1. The molecule has 0 radical (unpaired) electrons. The number of esters is 1. The van der Waals surface area contributed by atoms with Gasteiger partial charge in [0.15, 0.2) is 0 Å². The third-order valence-corrected chi connectivity index (χ3v) is 4.34. The number of carbonyl (C=O) groups is 4. The van der Waals surface area contributed by atoms with Gasteiger partial charge in [-0.3, -0.25) is 19.3 Å². The summed E-state index contributed by atoms with van der Waals surface area (Å²) in [6, 6.07) is 7.22. The van der Waals surface area contributed by atoms with Crippen LogP contribution in [-0.4, -0.2) is 55.0 Å². The van der Waals surface area contributed by atoms with E-state index < -0.39 is 0 Å². The number of amides is 3. The van der Waals surface area contributed by atoms with E-state index >= 15 is 0 Å². The molecule has 158 valence electrons. The van der Waals surface area contributed by atoms with Crippen LogP contribution in [0.2, 0.25) is 0 Å². The Hall–Kier alpha value is -0.935. The Morgan fingerprint density at radius 1 is 1.10 bits per heavy atom. The van der Waals surface area contributed by atoms with E-state index in [1.54, 1.807) is 12.1 Å². The van der Waals surface area contributed by atoms with Crippen molar-refractivity contribution in [1.82, 2.24) is 4.90 Å². The van der Waals surface area contributed by atoms with Crippen LogP contribution in [-0.2, 0) is 41.6 Å². The molecule has 3 amide bonds. The van der Waals surface area contributed by atoms with Crippen molar-refractivity contribution in [2.75, 3.05) is 26.4 Å². The van der Waals surface area contributed by atoms with Crippen LogP contribution in [0.15, 0.2) is 24.3 Å².